The van der Waals surface area contributed by atoms with E-state index in [0.717, 1.165) is 0 Å². The number of carboxylic acid groups (broad SMARTS) is 1. The average Bonchev–Trinajstić information content (AvgIpc) is 2.71. The van der Waals surface area contributed by atoms with Gasteiger partial charge in [-0.3, -0.25) is 9.36 Å². The van der Waals surface area contributed by atoms with Gasteiger partial charge in [0, 0.05) is 26.0 Å². The van der Waals surface area contributed by atoms with E-state index in [1.807, 2.05) is 0 Å². The number of benzene rings is 1. The molecule has 0 fully saturated rings. The van der Waals surface area contributed by atoms with Gasteiger partial charge in [0.15, 0.2) is 0 Å². The molecule has 1 aromatic carbocycles. The first kappa shape index (κ1) is 13.1. The van der Waals surface area contributed by atoms with Gasteiger partial charge in [0.25, 0.3) is 0 Å². The topological polar surface area (TPSA) is 90.2 Å². The minimum atomic E-state index is -0.972. The molecule has 1 aromatic heterocycles. The van der Waals surface area contributed by atoms with Gasteiger partial charge in [-0.15, -0.1) is 0 Å². The number of nitrogens with zero attached hydrogens (tertiary/aromatic N) is 2. The predicted octanol–water partition coefficient (Wildman–Crippen LogP) is 0.303. The van der Waals surface area contributed by atoms with Gasteiger partial charge in [-0.1, -0.05) is 12.1 Å². The number of hydrogen-bond acceptors (Lipinski definition) is 3. The molecule has 19 heavy (non-hydrogen) atoms. The van der Waals surface area contributed by atoms with Crippen LogP contribution in [0.2, 0.25) is 0 Å². The fourth-order valence-electron chi connectivity index (χ4n) is 1.93. The molecule has 6 nitrogen and oxygen atoms in total. The van der Waals surface area contributed by atoms with Crippen LogP contribution < -0.4 is 11.4 Å². The molecule has 1 unspecified atom stereocenters. The summed E-state index contributed by atoms with van der Waals surface area (Å²) in [5.74, 6) is -1.74. The molecule has 0 aliphatic rings. The summed E-state index contributed by atoms with van der Waals surface area (Å²) in [5, 5.41) is 9.09. The summed E-state index contributed by atoms with van der Waals surface area (Å²) >= 11 is 0. The van der Waals surface area contributed by atoms with Crippen LogP contribution in [0.25, 0.3) is 5.69 Å². The zero-order valence-electron chi connectivity index (χ0n) is 10.5. The Kier molecular flexibility index (Phi) is 3.52. The first-order valence-electron chi connectivity index (χ1n) is 5.81. The van der Waals surface area contributed by atoms with Crippen molar-refractivity contribution in [3.63, 3.8) is 0 Å². The van der Waals surface area contributed by atoms with Crippen molar-refractivity contribution >= 4 is 5.97 Å². The summed E-state index contributed by atoms with van der Waals surface area (Å²) < 4.78 is 2.91. The van der Waals surface area contributed by atoms with E-state index < -0.39 is 11.9 Å². The van der Waals surface area contributed by atoms with Crippen LogP contribution in [0.4, 0.5) is 0 Å². The van der Waals surface area contributed by atoms with Crippen LogP contribution >= 0.6 is 0 Å². The summed E-state index contributed by atoms with van der Waals surface area (Å²) in [7, 11) is 1.66. The van der Waals surface area contributed by atoms with Crippen molar-refractivity contribution in [3.8, 4) is 5.69 Å². The molecule has 0 spiro atoms. The highest BCUT2D eigenvalue weighted by Crippen LogP contribution is 2.18. The molecule has 0 amide bonds. The van der Waals surface area contributed by atoms with Crippen molar-refractivity contribution in [3.05, 3.63) is 52.7 Å². The maximum absolute atomic E-state index is 11.8. The van der Waals surface area contributed by atoms with Crippen LogP contribution in [0, 0.1) is 0 Å². The van der Waals surface area contributed by atoms with Crippen LogP contribution in [0.15, 0.2) is 41.5 Å². The lowest BCUT2D eigenvalue weighted by Crippen LogP contribution is -2.23. The second-order valence-corrected chi connectivity index (χ2v) is 4.28. The molecule has 0 saturated heterocycles. The molecule has 1 heterocycles. The van der Waals surface area contributed by atoms with Crippen molar-refractivity contribution < 1.29 is 9.90 Å². The molecular formula is C13H15N3O3. The number of carboxylic acids is 1. The monoisotopic (exact) mass is 261 g/mol. The van der Waals surface area contributed by atoms with Gasteiger partial charge in [0.2, 0.25) is 0 Å². The Hall–Kier alpha value is -2.34. The van der Waals surface area contributed by atoms with Gasteiger partial charge >= 0.3 is 11.7 Å². The van der Waals surface area contributed by atoms with E-state index in [-0.39, 0.29) is 12.2 Å². The molecular weight excluding hydrogens is 246 g/mol. The molecule has 100 valence electrons. The lowest BCUT2D eigenvalue weighted by atomic mass is 9.99. The number of aliphatic carboxylic acids is 1. The van der Waals surface area contributed by atoms with Crippen molar-refractivity contribution in [2.75, 3.05) is 6.54 Å². The second-order valence-electron chi connectivity index (χ2n) is 4.28. The van der Waals surface area contributed by atoms with Gasteiger partial charge in [-0.05, 0) is 17.7 Å². The standard InChI is InChI=1S/C13H15N3O3/c1-15-5-6-16(13(15)19)10-4-2-3-9(7-10)11(8-14)12(17)18/h2-7,11H,8,14H2,1H3,(H,17,18). The zero-order chi connectivity index (χ0) is 14.0. The Balaban J connectivity index is 2.48. The fourth-order valence-corrected chi connectivity index (χ4v) is 1.93. The van der Waals surface area contributed by atoms with Crippen molar-refractivity contribution in [1.29, 1.82) is 0 Å². The first-order chi connectivity index (χ1) is 9.04. The number of aromatic nitrogens is 2. The number of imidazole rings is 1. The number of hydrogen-bond donors (Lipinski definition) is 2. The molecule has 2 rings (SSSR count). The molecule has 0 saturated carbocycles. The minimum Gasteiger partial charge on any atom is -0.481 e. The highest BCUT2D eigenvalue weighted by atomic mass is 16.4. The van der Waals surface area contributed by atoms with E-state index in [0.29, 0.717) is 11.3 Å². The fraction of sp³-hybridized carbons (Fsp3) is 0.231. The average molecular weight is 261 g/mol. The van der Waals surface area contributed by atoms with E-state index in [9.17, 15) is 9.59 Å². The highest BCUT2D eigenvalue weighted by molar-refractivity contribution is 5.76. The largest absolute Gasteiger partial charge is 0.481 e. The number of nitrogens with two attached hydrogens (primary N) is 1. The number of carbonyl (C=O) groups is 1. The highest BCUT2D eigenvalue weighted by Gasteiger charge is 2.18. The van der Waals surface area contributed by atoms with E-state index in [4.69, 9.17) is 10.8 Å². The summed E-state index contributed by atoms with van der Waals surface area (Å²) in [6, 6.07) is 6.84. The van der Waals surface area contributed by atoms with Crippen molar-refractivity contribution in [1.82, 2.24) is 9.13 Å². The molecule has 6 heteroatoms. The van der Waals surface area contributed by atoms with Crippen molar-refractivity contribution in [2.45, 2.75) is 5.92 Å². The lowest BCUT2D eigenvalue weighted by molar-refractivity contribution is -0.138. The Labute approximate surface area is 109 Å². The summed E-state index contributed by atoms with van der Waals surface area (Å²) in [4.78, 5) is 22.9. The van der Waals surface area contributed by atoms with Gasteiger partial charge in [-0.2, -0.15) is 0 Å². The van der Waals surface area contributed by atoms with Gasteiger partial charge in [0.1, 0.15) is 0 Å². The minimum absolute atomic E-state index is 0.0163. The Morgan fingerprint density at radius 2 is 2.16 bits per heavy atom. The summed E-state index contributed by atoms with van der Waals surface area (Å²) in [6.07, 6.45) is 3.28. The molecule has 0 radical (unpaired) electrons. The van der Waals surface area contributed by atoms with E-state index in [1.165, 1.54) is 9.13 Å². The molecule has 0 aliphatic carbocycles. The molecule has 0 aliphatic heterocycles. The summed E-state index contributed by atoms with van der Waals surface area (Å²) in [6.45, 7) is 0.0163. The number of rotatable bonds is 4. The lowest BCUT2D eigenvalue weighted by Gasteiger charge is -2.11. The number of aryl methyl sites for hydroxylation is 1. The van der Waals surface area contributed by atoms with Gasteiger partial charge < -0.3 is 15.4 Å². The van der Waals surface area contributed by atoms with Crippen LogP contribution in [-0.2, 0) is 11.8 Å². The Morgan fingerprint density at radius 1 is 1.42 bits per heavy atom. The smallest absolute Gasteiger partial charge is 0.332 e. The molecule has 3 N–H and O–H groups in total. The molecule has 0 bridgehead atoms. The van der Waals surface area contributed by atoms with Crippen molar-refractivity contribution in [2.24, 2.45) is 12.8 Å². The molecule has 2 aromatic rings. The predicted molar refractivity (Wildman–Crippen MR) is 70.4 cm³/mol. The van der Waals surface area contributed by atoms with E-state index in [2.05, 4.69) is 0 Å². The SMILES string of the molecule is Cn1ccn(-c2cccc(C(CN)C(=O)O)c2)c1=O. The Morgan fingerprint density at radius 3 is 2.68 bits per heavy atom. The van der Waals surface area contributed by atoms with E-state index >= 15 is 0 Å². The first-order valence-corrected chi connectivity index (χ1v) is 5.81. The third-order valence-corrected chi connectivity index (χ3v) is 3.03. The summed E-state index contributed by atoms with van der Waals surface area (Å²) in [5.41, 5.74) is 6.51. The maximum Gasteiger partial charge on any atom is 0.332 e. The second kappa shape index (κ2) is 5.11. The van der Waals surface area contributed by atoms with Crippen LogP contribution in [0.3, 0.4) is 0 Å². The Bertz CT molecular complexity index is 657. The van der Waals surface area contributed by atoms with Crippen LogP contribution in [0.5, 0.6) is 0 Å². The third-order valence-electron chi connectivity index (χ3n) is 3.03. The zero-order valence-corrected chi connectivity index (χ0v) is 10.5. The molecule has 1 atom stereocenters. The maximum atomic E-state index is 11.8. The quantitative estimate of drug-likeness (QED) is 0.828. The normalized spacial score (nSPS) is 12.3. The third kappa shape index (κ3) is 2.43. The van der Waals surface area contributed by atoms with Gasteiger partial charge in [-0.25, -0.2) is 4.79 Å². The van der Waals surface area contributed by atoms with E-state index in [1.54, 1.807) is 43.7 Å². The van der Waals surface area contributed by atoms with Crippen LogP contribution in [0.1, 0.15) is 11.5 Å². The van der Waals surface area contributed by atoms with Crippen LogP contribution in [-0.4, -0.2) is 26.8 Å². The van der Waals surface area contributed by atoms with Gasteiger partial charge in [0.05, 0.1) is 11.6 Å².